The van der Waals surface area contributed by atoms with E-state index in [0.29, 0.717) is 13.2 Å². The van der Waals surface area contributed by atoms with Crippen molar-refractivity contribution in [3.63, 3.8) is 0 Å². The van der Waals surface area contributed by atoms with Crippen molar-refractivity contribution in [2.24, 2.45) is 5.92 Å². The predicted molar refractivity (Wildman–Crippen MR) is 67.7 cm³/mol. The van der Waals surface area contributed by atoms with Gasteiger partial charge >= 0.3 is 5.97 Å². The second kappa shape index (κ2) is 8.08. The van der Waals surface area contributed by atoms with E-state index in [9.17, 15) is 9.59 Å². The van der Waals surface area contributed by atoms with Gasteiger partial charge in [0.2, 0.25) is 5.91 Å². The van der Waals surface area contributed by atoms with Gasteiger partial charge < -0.3 is 25.6 Å². The summed E-state index contributed by atoms with van der Waals surface area (Å²) in [6, 6.07) is 0.00403. The minimum Gasteiger partial charge on any atom is -0.479 e. The molecule has 1 heterocycles. The molecule has 1 amide bonds. The van der Waals surface area contributed by atoms with Crippen LogP contribution in [-0.4, -0.2) is 60.5 Å². The van der Waals surface area contributed by atoms with E-state index >= 15 is 0 Å². The molecule has 2 unspecified atom stereocenters. The summed E-state index contributed by atoms with van der Waals surface area (Å²) in [6.45, 7) is 3.90. The average Bonchev–Trinajstić information content (AvgIpc) is 2.84. The fraction of sp³-hybridized carbons (Fsp3) is 0.833. The average molecular weight is 274 g/mol. The normalized spacial score (nSPS) is 24.1. The summed E-state index contributed by atoms with van der Waals surface area (Å²) >= 11 is 0. The number of aliphatic hydroxyl groups is 1. The van der Waals surface area contributed by atoms with Crippen LogP contribution in [0.4, 0.5) is 0 Å². The van der Waals surface area contributed by atoms with Crippen LogP contribution in [0, 0.1) is 5.92 Å². The number of hydrogen-bond acceptors (Lipinski definition) is 5. The molecule has 0 aromatic rings. The molecule has 110 valence electrons. The first kappa shape index (κ1) is 15.9. The summed E-state index contributed by atoms with van der Waals surface area (Å²) in [7, 11) is 0. The molecular formula is C12H22N2O5. The summed E-state index contributed by atoms with van der Waals surface area (Å²) in [5, 5.41) is 23.5. The third-order valence-corrected chi connectivity index (χ3v) is 3.08. The maximum Gasteiger partial charge on any atom is 0.332 e. The van der Waals surface area contributed by atoms with Crippen molar-refractivity contribution < 1.29 is 24.5 Å². The predicted octanol–water partition coefficient (Wildman–Crippen LogP) is -1.05. The van der Waals surface area contributed by atoms with Gasteiger partial charge in [0.15, 0.2) is 6.10 Å². The van der Waals surface area contributed by atoms with E-state index in [1.807, 2.05) is 6.92 Å². The second-order valence-corrected chi connectivity index (χ2v) is 4.64. The summed E-state index contributed by atoms with van der Waals surface area (Å²) in [6.07, 6.45) is -0.452. The third-order valence-electron chi connectivity index (χ3n) is 3.08. The van der Waals surface area contributed by atoms with Crippen molar-refractivity contribution >= 4 is 11.9 Å². The highest BCUT2D eigenvalue weighted by Gasteiger charge is 2.33. The van der Waals surface area contributed by atoms with Gasteiger partial charge in [0.1, 0.15) is 0 Å². The highest BCUT2D eigenvalue weighted by Crippen LogP contribution is 2.13. The Hall–Kier alpha value is -1.18. The fourth-order valence-corrected chi connectivity index (χ4v) is 1.93. The Morgan fingerprint density at radius 3 is 2.74 bits per heavy atom. The van der Waals surface area contributed by atoms with E-state index in [-0.39, 0.29) is 30.8 Å². The Morgan fingerprint density at radius 1 is 1.37 bits per heavy atom. The number of carboxylic acids is 1. The Bertz CT molecular complexity index is 310. The van der Waals surface area contributed by atoms with Crippen molar-refractivity contribution in [2.75, 3.05) is 26.3 Å². The first-order valence-electron chi connectivity index (χ1n) is 6.56. The van der Waals surface area contributed by atoms with Crippen LogP contribution in [0.2, 0.25) is 0 Å². The Labute approximate surface area is 112 Å². The zero-order valence-corrected chi connectivity index (χ0v) is 11.1. The Balaban J connectivity index is 2.30. The molecule has 0 aliphatic carbocycles. The zero-order chi connectivity index (χ0) is 14.3. The van der Waals surface area contributed by atoms with Gasteiger partial charge in [0.05, 0.1) is 19.1 Å². The molecule has 0 aromatic carbocycles. The molecule has 0 spiro atoms. The molecule has 1 fully saturated rings. The number of ether oxygens (including phenoxy) is 1. The third kappa shape index (κ3) is 5.14. The number of nitrogens with one attached hydrogen (secondary N) is 2. The summed E-state index contributed by atoms with van der Waals surface area (Å²) in [5.41, 5.74) is 0. The van der Waals surface area contributed by atoms with Gasteiger partial charge in [0.25, 0.3) is 0 Å². The van der Waals surface area contributed by atoms with Crippen LogP contribution in [0.15, 0.2) is 0 Å². The van der Waals surface area contributed by atoms with E-state index < -0.39 is 12.1 Å². The first-order valence-corrected chi connectivity index (χ1v) is 6.56. The van der Waals surface area contributed by atoms with Crippen LogP contribution in [0.5, 0.6) is 0 Å². The largest absolute Gasteiger partial charge is 0.479 e. The van der Waals surface area contributed by atoms with Gasteiger partial charge in [-0.2, -0.15) is 0 Å². The van der Waals surface area contributed by atoms with E-state index in [1.165, 1.54) is 0 Å². The lowest BCUT2D eigenvalue weighted by molar-refractivity contribution is -0.147. The Kier molecular flexibility index (Phi) is 6.75. The van der Waals surface area contributed by atoms with Gasteiger partial charge in [0, 0.05) is 19.0 Å². The standard InChI is InChI=1S/C12H22N2O5/c1-2-4-13-9-7-19-6-8(9)11(16)14-5-3-10(15)12(17)18/h8-10,13,15H,2-7H2,1H3,(H,14,16)(H,17,18)/t8?,9?,10-/m0/s1. The topological polar surface area (TPSA) is 108 Å². The van der Waals surface area contributed by atoms with Gasteiger partial charge in [-0.15, -0.1) is 0 Å². The number of carbonyl (C=O) groups is 2. The van der Waals surface area contributed by atoms with Crippen molar-refractivity contribution in [3.05, 3.63) is 0 Å². The number of hydrogen-bond donors (Lipinski definition) is 4. The molecule has 7 nitrogen and oxygen atoms in total. The van der Waals surface area contributed by atoms with Crippen molar-refractivity contribution in [2.45, 2.75) is 31.9 Å². The van der Waals surface area contributed by atoms with Crippen LogP contribution in [-0.2, 0) is 14.3 Å². The van der Waals surface area contributed by atoms with Crippen LogP contribution in [0.3, 0.4) is 0 Å². The molecule has 0 saturated carbocycles. The minimum atomic E-state index is -1.44. The molecule has 1 rings (SSSR count). The van der Waals surface area contributed by atoms with Crippen molar-refractivity contribution in [1.29, 1.82) is 0 Å². The highest BCUT2D eigenvalue weighted by atomic mass is 16.5. The van der Waals surface area contributed by atoms with Crippen LogP contribution >= 0.6 is 0 Å². The summed E-state index contributed by atoms with van der Waals surface area (Å²) in [4.78, 5) is 22.3. The lowest BCUT2D eigenvalue weighted by Crippen LogP contribution is -2.44. The number of aliphatic carboxylic acids is 1. The zero-order valence-electron chi connectivity index (χ0n) is 11.1. The van der Waals surface area contributed by atoms with Crippen LogP contribution in [0.25, 0.3) is 0 Å². The van der Waals surface area contributed by atoms with Crippen LogP contribution in [0.1, 0.15) is 19.8 Å². The molecule has 0 radical (unpaired) electrons. The smallest absolute Gasteiger partial charge is 0.332 e. The van der Waals surface area contributed by atoms with Gasteiger partial charge in [-0.25, -0.2) is 4.79 Å². The van der Waals surface area contributed by atoms with Crippen molar-refractivity contribution in [1.82, 2.24) is 10.6 Å². The number of carboxylic acid groups (broad SMARTS) is 1. The SMILES string of the molecule is CCCNC1COCC1C(=O)NCC[C@H](O)C(=O)O. The van der Waals surface area contributed by atoms with Crippen LogP contribution < -0.4 is 10.6 Å². The highest BCUT2D eigenvalue weighted by molar-refractivity contribution is 5.80. The monoisotopic (exact) mass is 274 g/mol. The number of rotatable bonds is 8. The molecule has 7 heteroatoms. The van der Waals surface area contributed by atoms with E-state index in [0.717, 1.165) is 13.0 Å². The lowest BCUT2D eigenvalue weighted by atomic mass is 10.0. The molecule has 1 saturated heterocycles. The van der Waals surface area contributed by atoms with Crippen molar-refractivity contribution in [3.8, 4) is 0 Å². The van der Waals surface area contributed by atoms with Gasteiger partial charge in [-0.3, -0.25) is 4.79 Å². The number of carbonyl (C=O) groups excluding carboxylic acids is 1. The molecular weight excluding hydrogens is 252 g/mol. The number of aliphatic hydroxyl groups excluding tert-OH is 1. The molecule has 0 bridgehead atoms. The maximum absolute atomic E-state index is 11.9. The fourth-order valence-electron chi connectivity index (χ4n) is 1.93. The summed E-state index contributed by atoms with van der Waals surface area (Å²) in [5.74, 6) is -1.70. The van der Waals surface area contributed by atoms with E-state index in [2.05, 4.69) is 10.6 Å². The second-order valence-electron chi connectivity index (χ2n) is 4.64. The number of amides is 1. The molecule has 1 aliphatic rings. The first-order chi connectivity index (χ1) is 9.06. The molecule has 4 N–H and O–H groups in total. The Morgan fingerprint density at radius 2 is 2.11 bits per heavy atom. The quantitative estimate of drug-likeness (QED) is 0.450. The molecule has 0 aromatic heterocycles. The summed E-state index contributed by atoms with van der Waals surface area (Å²) < 4.78 is 5.29. The molecule has 1 aliphatic heterocycles. The van der Waals surface area contributed by atoms with E-state index in [1.54, 1.807) is 0 Å². The maximum atomic E-state index is 11.9. The lowest BCUT2D eigenvalue weighted by Gasteiger charge is -2.18. The minimum absolute atomic E-state index is 0.00169. The van der Waals surface area contributed by atoms with Gasteiger partial charge in [-0.1, -0.05) is 6.92 Å². The molecule has 19 heavy (non-hydrogen) atoms. The van der Waals surface area contributed by atoms with Gasteiger partial charge in [-0.05, 0) is 13.0 Å². The van der Waals surface area contributed by atoms with E-state index in [4.69, 9.17) is 14.9 Å². The molecule has 3 atom stereocenters.